The second kappa shape index (κ2) is 7.96. The third-order valence-electron chi connectivity index (χ3n) is 3.96. The van der Waals surface area contributed by atoms with E-state index in [-0.39, 0.29) is 23.5 Å². The van der Waals surface area contributed by atoms with Crippen LogP contribution in [0.15, 0.2) is 46.8 Å². The Morgan fingerprint density at radius 2 is 1.88 bits per heavy atom. The molecule has 1 atom stereocenters. The average molecular weight is 350 g/mol. The van der Waals surface area contributed by atoms with Crippen molar-refractivity contribution in [3.8, 4) is 18.2 Å². The van der Waals surface area contributed by atoms with E-state index in [4.69, 9.17) is 4.74 Å². The smallest absolute Gasteiger partial charge is 0.336 e. The van der Waals surface area contributed by atoms with Crippen molar-refractivity contribution in [1.29, 1.82) is 15.8 Å². The molecule has 0 spiro atoms. The van der Waals surface area contributed by atoms with Gasteiger partial charge in [0.2, 0.25) is 0 Å². The summed E-state index contributed by atoms with van der Waals surface area (Å²) in [6, 6.07) is 11.0. The summed E-state index contributed by atoms with van der Waals surface area (Å²) in [6.07, 6.45) is 0. The predicted octanol–water partition coefficient (Wildman–Crippen LogP) is 2.79. The van der Waals surface area contributed by atoms with E-state index in [1.165, 1.54) is 24.3 Å². The summed E-state index contributed by atoms with van der Waals surface area (Å²) in [5.74, 6) is -3.15. The van der Waals surface area contributed by atoms with Gasteiger partial charge in [0.25, 0.3) is 0 Å². The summed E-state index contributed by atoms with van der Waals surface area (Å²) in [6.45, 7) is 3.40. The zero-order valence-electron chi connectivity index (χ0n) is 14.2. The van der Waals surface area contributed by atoms with Crippen LogP contribution in [-0.4, -0.2) is 12.6 Å². The molecule has 0 aromatic heterocycles. The van der Waals surface area contributed by atoms with E-state index in [1.54, 1.807) is 13.8 Å². The van der Waals surface area contributed by atoms with E-state index in [9.17, 15) is 25.0 Å². The first-order chi connectivity index (χ1) is 12.5. The molecule has 0 radical (unpaired) electrons. The maximum absolute atomic E-state index is 13.3. The van der Waals surface area contributed by atoms with Crippen molar-refractivity contribution in [2.75, 3.05) is 6.61 Å². The normalized spacial score (nSPS) is 16.4. The minimum absolute atomic E-state index is 0.0540. The molecule has 6 nitrogen and oxygen atoms in total. The van der Waals surface area contributed by atoms with Crippen LogP contribution in [0.2, 0.25) is 0 Å². The first-order valence-electron chi connectivity index (χ1n) is 7.82. The van der Waals surface area contributed by atoms with Crippen LogP contribution >= 0.6 is 0 Å². The van der Waals surface area contributed by atoms with Crippen LogP contribution in [0.4, 0.5) is 4.39 Å². The first kappa shape index (κ1) is 18.7. The SMILES string of the molecule is CCOC(=O)C1=C(C)NC(C(C#N)C#N)=C(C#N)C1c1ccc(F)cc1. The topological polar surface area (TPSA) is 110 Å². The molecule has 1 unspecified atom stereocenters. The molecule has 1 aliphatic rings. The molecule has 0 fully saturated rings. The number of nitrogens with one attached hydrogen (secondary N) is 1. The van der Waals surface area contributed by atoms with E-state index < -0.39 is 23.6 Å². The predicted molar refractivity (Wildman–Crippen MR) is 89.0 cm³/mol. The number of nitrogens with zero attached hydrogens (tertiary/aromatic N) is 3. The van der Waals surface area contributed by atoms with Gasteiger partial charge in [-0.25, -0.2) is 9.18 Å². The van der Waals surface area contributed by atoms with Crippen molar-refractivity contribution >= 4 is 5.97 Å². The highest BCUT2D eigenvalue weighted by Gasteiger charge is 2.37. The van der Waals surface area contributed by atoms with Crippen molar-refractivity contribution in [2.45, 2.75) is 19.8 Å². The number of nitriles is 3. The second-order valence-corrected chi connectivity index (χ2v) is 5.50. The molecule has 130 valence electrons. The molecule has 1 aliphatic heterocycles. The van der Waals surface area contributed by atoms with Gasteiger partial charge in [-0.2, -0.15) is 15.8 Å². The van der Waals surface area contributed by atoms with Crippen LogP contribution in [0.5, 0.6) is 0 Å². The lowest BCUT2D eigenvalue weighted by Gasteiger charge is -2.30. The van der Waals surface area contributed by atoms with Gasteiger partial charge in [0, 0.05) is 5.70 Å². The van der Waals surface area contributed by atoms with Crippen molar-refractivity contribution in [3.63, 3.8) is 0 Å². The fraction of sp³-hybridized carbons (Fsp3) is 0.263. The summed E-state index contributed by atoms with van der Waals surface area (Å²) in [7, 11) is 0. The fourth-order valence-corrected chi connectivity index (χ4v) is 2.83. The van der Waals surface area contributed by atoms with Gasteiger partial charge in [-0.1, -0.05) is 12.1 Å². The van der Waals surface area contributed by atoms with E-state index >= 15 is 0 Å². The number of esters is 1. The zero-order valence-corrected chi connectivity index (χ0v) is 14.2. The van der Waals surface area contributed by atoms with Crippen LogP contribution in [0, 0.1) is 45.7 Å². The molecule has 1 aromatic rings. The van der Waals surface area contributed by atoms with E-state index in [0.717, 1.165) is 0 Å². The molecular formula is C19H15FN4O2. The molecule has 1 N–H and O–H groups in total. The molecular weight excluding hydrogens is 335 g/mol. The zero-order chi connectivity index (χ0) is 19.3. The van der Waals surface area contributed by atoms with Crippen LogP contribution in [0.1, 0.15) is 25.3 Å². The number of benzene rings is 1. The van der Waals surface area contributed by atoms with Gasteiger partial charge in [-0.05, 0) is 31.5 Å². The standard InChI is InChI=1S/C19H15FN4O2/c1-3-26-19(25)16-11(2)24-18(13(8-21)9-22)15(10-23)17(16)12-4-6-14(20)7-5-12/h4-7,13,17,24H,3H2,1-2H3. The second-order valence-electron chi connectivity index (χ2n) is 5.50. The van der Waals surface area contributed by atoms with Gasteiger partial charge in [-0.3, -0.25) is 0 Å². The number of hydrogen-bond donors (Lipinski definition) is 1. The first-order valence-corrected chi connectivity index (χ1v) is 7.82. The lowest BCUT2D eigenvalue weighted by atomic mass is 9.79. The molecule has 0 saturated heterocycles. The van der Waals surface area contributed by atoms with Gasteiger partial charge in [0.15, 0.2) is 5.92 Å². The Morgan fingerprint density at radius 3 is 2.38 bits per heavy atom. The Balaban J connectivity index is 2.72. The highest BCUT2D eigenvalue weighted by Crippen LogP contribution is 2.39. The lowest BCUT2D eigenvalue weighted by Crippen LogP contribution is -2.32. The monoisotopic (exact) mass is 350 g/mol. The van der Waals surface area contributed by atoms with Crippen molar-refractivity contribution in [2.24, 2.45) is 5.92 Å². The number of carbonyl (C=O) groups is 1. The highest BCUT2D eigenvalue weighted by molar-refractivity contribution is 5.93. The maximum Gasteiger partial charge on any atom is 0.336 e. The number of allylic oxidation sites excluding steroid dienone is 3. The number of carbonyl (C=O) groups excluding carboxylic acids is 1. The number of hydrogen-bond acceptors (Lipinski definition) is 6. The molecule has 0 bridgehead atoms. The van der Waals surface area contributed by atoms with Gasteiger partial charge in [0.1, 0.15) is 5.82 Å². The van der Waals surface area contributed by atoms with Gasteiger partial charge in [-0.15, -0.1) is 0 Å². The van der Waals surface area contributed by atoms with Gasteiger partial charge in [0.05, 0.1) is 47.6 Å². The number of rotatable bonds is 4. The third-order valence-corrected chi connectivity index (χ3v) is 3.96. The Labute approximate surface area is 150 Å². The molecule has 7 heteroatoms. The Kier molecular flexibility index (Phi) is 5.73. The van der Waals surface area contributed by atoms with Crippen molar-refractivity contribution in [3.05, 3.63) is 58.2 Å². The largest absolute Gasteiger partial charge is 0.463 e. The highest BCUT2D eigenvalue weighted by atomic mass is 19.1. The maximum atomic E-state index is 13.3. The third kappa shape index (κ3) is 3.41. The Bertz CT molecular complexity index is 897. The number of dihydropyridines is 1. The molecule has 0 amide bonds. The van der Waals surface area contributed by atoms with E-state index in [0.29, 0.717) is 11.3 Å². The van der Waals surface area contributed by atoms with Crippen LogP contribution in [0.25, 0.3) is 0 Å². The lowest BCUT2D eigenvalue weighted by molar-refractivity contribution is -0.138. The number of halogens is 1. The van der Waals surface area contributed by atoms with Crippen molar-refractivity contribution < 1.29 is 13.9 Å². The summed E-state index contributed by atoms with van der Waals surface area (Å²) >= 11 is 0. The minimum atomic E-state index is -1.20. The van der Waals surface area contributed by atoms with E-state index in [2.05, 4.69) is 5.32 Å². The average Bonchev–Trinajstić information content (AvgIpc) is 2.63. The Morgan fingerprint density at radius 1 is 1.27 bits per heavy atom. The van der Waals surface area contributed by atoms with Crippen LogP contribution < -0.4 is 5.32 Å². The van der Waals surface area contributed by atoms with Gasteiger partial charge >= 0.3 is 5.97 Å². The molecule has 0 saturated carbocycles. The minimum Gasteiger partial charge on any atom is -0.463 e. The molecule has 26 heavy (non-hydrogen) atoms. The quantitative estimate of drug-likeness (QED) is 0.836. The van der Waals surface area contributed by atoms with Gasteiger partial charge < -0.3 is 10.1 Å². The molecule has 1 aromatic carbocycles. The summed E-state index contributed by atoms with van der Waals surface area (Å²) < 4.78 is 18.4. The van der Waals surface area contributed by atoms with Crippen molar-refractivity contribution in [1.82, 2.24) is 5.32 Å². The Hall–Kier alpha value is -3.63. The van der Waals surface area contributed by atoms with E-state index in [1.807, 2.05) is 18.2 Å². The fourth-order valence-electron chi connectivity index (χ4n) is 2.83. The van der Waals surface area contributed by atoms with Crippen LogP contribution in [0.3, 0.4) is 0 Å². The molecule has 2 rings (SSSR count). The van der Waals surface area contributed by atoms with Crippen LogP contribution in [-0.2, 0) is 9.53 Å². The summed E-state index contributed by atoms with van der Waals surface area (Å²) in [4.78, 5) is 12.5. The number of ether oxygens (including phenoxy) is 1. The molecule has 1 heterocycles. The molecule has 0 aliphatic carbocycles. The summed E-state index contributed by atoms with van der Waals surface area (Å²) in [5, 5.41) is 31.0. The summed E-state index contributed by atoms with van der Waals surface area (Å²) in [5.41, 5.74) is 1.23.